The average Bonchev–Trinajstić information content (AvgIpc) is 2.65. The van der Waals surface area contributed by atoms with E-state index in [0.717, 1.165) is 27.8 Å². The maximum absolute atomic E-state index is 6.24. The first-order valence-electron chi connectivity index (χ1n) is 8.03. The van der Waals surface area contributed by atoms with Crippen molar-refractivity contribution in [1.82, 2.24) is 0 Å². The van der Waals surface area contributed by atoms with Crippen LogP contribution in [0.1, 0.15) is 5.56 Å². The van der Waals surface area contributed by atoms with Gasteiger partial charge in [-0.2, -0.15) is 0 Å². The van der Waals surface area contributed by atoms with Crippen LogP contribution in [-0.2, 0) is 0 Å². The van der Waals surface area contributed by atoms with Crippen LogP contribution in [0.5, 0.6) is 11.5 Å². The van der Waals surface area contributed by atoms with Gasteiger partial charge in [0, 0.05) is 10.6 Å². The third kappa shape index (κ3) is 3.33. The number of nitrogen functional groups attached to an aromatic ring is 1. The number of nitrogens with two attached hydrogens (primary N) is 1. The van der Waals surface area contributed by atoms with Crippen LogP contribution in [0.25, 0.3) is 22.3 Å². The Morgan fingerprint density at radius 3 is 2.15 bits per heavy atom. The summed E-state index contributed by atoms with van der Waals surface area (Å²) in [6.07, 6.45) is 0. The molecule has 0 aliphatic carbocycles. The zero-order valence-electron chi connectivity index (χ0n) is 14.8. The molecule has 26 heavy (non-hydrogen) atoms. The van der Waals surface area contributed by atoms with Crippen LogP contribution in [0.15, 0.2) is 48.5 Å². The normalized spacial score (nSPS) is 10.7. The van der Waals surface area contributed by atoms with Crippen molar-refractivity contribution in [3.05, 3.63) is 64.1 Å². The van der Waals surface area contributed by atoms with E-state index in [-0.39, 0.29) is 0 Å². The third-order valence-corrected chi connectivity index (χ3v) is 5.06. The van der Waals surface area contributed by atoms with E-state index in [1.54, 1.807) is 20.3 Å². The first kappa shape index (κ1) is 18.4. The van der Waals surface area contributed by atoms with Crippen molar-refractivity contribution in [2.45, 2.75) is 6.92 Å². The molecule has 5 heteroatoms. The summed E-state index contributed by atoms with van der Waals surface area (Å²) in [7, 11) is 3.25. The van der Waals surface area contributed by atoms with Gasteiger partial charge in [-0.3, -0.25) is 0 Å². The third-order valence-electron chi connectivity index (χ3n) is 4.30. The van der Waals surface area contributed by atoms with E-state index in [0.29, 0.717) is 27.2 Å². The Bertz CT molecular complexity index is 970. The number of anilines is 1. The summed E-state index contributed by atoms with van der Waals surface area (Å²) in [4.78, 5) is 0. The Morgan fingerprint density at radius 1 is 0.808 bits per heavy atom. The standard InChI is InChI=1S/C21H19Cl2NO2/c1-12-10-14(4-7-16(12)22)20-15(6-9-19(25-2)21(20)26-3)13-5-8-18(24)17(23)11-13/h4-11H,24H2,1-3H3. The molecule has 0 aromatic heterocycles. The van der Waals surface area contributed by atoms with Crippen LogP contribution in [0, 0.1) is 6.92 Å². The summed E-state index contributed by atoms with van der Waals surface area (Å²) in [6, 6.07) is 15.3. The van der Waals surface area contributed by atoms with Crippen molar-refractivity contribution in [2.24, 2.45) is 0 Å². The summed E-state index contributed by atoms with van der Waals surface area (Å²) in [5.41, 5.74) is 11.2. The number of aryl methyl sites for hydroxylation is 1. The summed E-state index contributed by atoms with van der Waals surface area (Å²) >= 11 is 12.4. The molecular formula is C21H19Cl2NO2. The topological polar surface area (TPSA) is 44.5 Å². The summed E-state index contributed by atoms with van der Waals surface area (Å²) in [5, 5.41) is 1.23. The minimum Gasteiger partial charge on any atom is -0.493 e. The molecule has 0 saturated heterocycles. The number of ether oxygens (including phenoxy) is 2. The summed E-state index contributed by atoms with van der Waals surface area (Å²) in [6.45, 7) is 1.97. The van der Waals surface area contributed by atoms with Gasteiger partial charge in [-0.15, -0.1) is 0 Å². The van der Waals surface area contributed by atoms with Gasteiger partial charge in [0.15, 0.2) is 11.5 Å². The second-order valence-corrected chi connectivity index (χ2v) is 6.74. The molecule has 0 aliphatic rings. The SMILES string of the molecule is COc1ccc(-c2ccc(N)c(Cl)c2)c(-c2ccc(Cl)c(C)c2)c1OC. The number of hydrogen-bond acceptors (Lipinski definition) is 3. The van der Waals surface area contributed by atoms with Crippen molar-refractivity contribution in [1.29, 1.82) is 0 Å². The minimum atomic E-state index is 0.510. The molecule has 0 aliphatic heterocycles. The van der Waals surface area contributed by atoms with E-state index in [2.05, 4.69) is 0 Å². The van der Waals surface area contributed by atoms with Gasteiger partial charge < -0.3 is 15.2 Å². The lowest BCUT2D eigenvalue weighted by molar-refractivity contribution is 0.356. The lowest BCUT2D eigenvalue weighted by Gasteiger charge is -2.18. The van der Waals surface area contributed by atoms with Crippen LogP contribution in [0.2, 0.25) is 10.0 Å². The lowest BCUT2D eigenvalue weighted by atomic mass is 9.92. The maximum Gasteiger partial charge on any atom is 0.169 e. The van der Waals surface area contributed by atoms with Gasteiger partial charge in [-0.05, 0) is 65.6 Å². The fraction of sp³-hybridized carbons (Fsp3) is 0.143. The highest BCUT2D eigenvalue weighted by molar-refractivity contribution is 6.33. The second-order valence-electron chi connectivity index (χ2n) is 5.92. The van der Waals surface area contributed by atoms with Crippen molar-refractivity contribution < 1.29 is 9.47 Å². The summed E-state index contributed by atoms with van der Waals surface area (Å²) in [5.74, 6) is 1.31. The van der Waals surface area contributed by atoms with Gasteiger partial charge in [0.25, 0.3) is 0 Å². The number of halogens is 2. The van der Waals surface area contributed by atoms with Crippen LogP contribution in [0.3, 0.4) is 0 Å². The fourth-order valence-corrected chi connectivity index (χ4v) is 3.25. The van der Waals surface area contributed by atoms with Gasteiger partial charge in [0.1, 0.15) is 0 Å². The van der Waals surface area contributed by atoms with Gasteiger partial charge in [-0.25, -0.2) is 0 Å². The lowest BCUT2D eigenvalue weighted by Crippen LogP contribution is -1.97. The predicted molar refractivity (Wildman–Crippen MR) is 110 cm³/mol. The van der Waals surface area contributed by atoms with Gasteiger partial charge in [0.2, 0.25) is 0 Å². The van der Waals surface area contributed by atoms with Crippen LogP contribution < -0.4 is 15.2 Å². The highest BCUT2D eigenvalue weighted by atomic mass is 35.5. The predicted octanol–water partition coefficient (Wildman–Crippen LogP) is 6.24. The Morgan fingerprint density at radius 2 is 1.54 bits per heavy atom. The van der Waals surface area contributed by atoms with E-state index in [1.807, 2.05) is 49.4 Å². The monoisotopic (exact) mass is 387 g/mol. The van der Waals surface area contributed by atoms with Crippen molar-refractivity contribution in [3.8, 4) is 33.8 Å². The molecule has 0 fully saturated rings. The molecule has 0 spiro atoms. The Labute approximate surface area is 163 Å². The van der Waals surface area contributed by atoms with Gasteiger partial charge >= 0.3 is 0 Å². The summed E-state index contributed by atoms with van der Waals surface area (Å²) < 4.78 is 11.2. The van der Waals surface area contributed by atoms with E-state index in [9.17, 15) is 0 Å². The molecule has 0 bridgehead atoms. The van der Waals surface area contributed by atoms with Crippen LogP contribution >= 0.6 is 23.2 Å². The van der Waals surface area contributed by atoms with E-state index in [4.69, 9.17) is 38.4 Å². The molecule has 2 N–H and O–H groups in total. The number of benzene rings is 3. The molecular weight excluding hydrogens is 369 g/mol. The van der Waals surface area contributed by atoms with Crippen LogP contribution in [-0.4, -0.2) is 14.2 Å². The Balaban J connectivity index is 2.33. The fourth-order valence-electron chi connectivity index (χ4n) is 2.95. The maximum atomic E-state index is 6.24. The molecule has 0 saturated carbocycles. The first-order valence-corrected chi connectivity index (χ1v) is 8.78. The Kier molecular flexibility index (Phi) is 5.30. The Hall–Kier alpha value is -2.36. The number of hydrogen-bond donors (Lipinski definition) is 1. The molecule has 0 amide bonds. The second kappa shape index (κ2) is 7.48. The highest BCUT2D eigenvalue weighted by Crippen LogP contribution is 2.45. The zero-order valence-corrected chi connectivity index (χ0v) is 16.3. The minimum absolute atomic E-state index is 0.510. The van der Waals surface area contributed by atoms with Crippen molar-refractivity contribution in [2.75, 3.05) is 20.0 Å². The van der Waals surface area contributed by atoms with E-state index in [1.165, 1.54) is 0 Å². The number of rotatable bonds is 4. The number of methoxy groups -OCH3 is 2. The smallest absolute Gasteiger partial charge is 0.169 e. The van der Waals surface area contributed by atoms with Crippen molar-refractivity contribution in [3.63, 3.8) is 0 Å². The molecule has 3 nitrogen and oxygen atoms in total. The molecule has 134 valence electrons. The molecule has 3 rings (SSSR count). The largest absolute Gasteiger partial charge is 0.493 e. The quantitative estimate of drug-likeness (QED) is 0.539. The molecule has 3 aromatic rings. The molecule has 3 aromatic carbocycles. The first-order chi connectivity index (χ1) is 12.5. The molecule has 0 atom stereocenters. The van der Waals surface area contributed by atoms with Gasteiger partial charge in [-0.1, -0.05) is 35.3 Å². The van der Waals surface area contributed by atoms with E-state index >= 15 is 0 Å². The van der Waals surface area contributed by atoms with Gasteiger partial charge in [0.05, 0.1) is 24.9 Å². The van der Waals surface area contributed by atoms with Crippen molar-refractivity contribution >= 4 is 28.9 Å². The highest BCUT2D eigenvalue weighted by Gasteiger charge is 2.19. The molecule has 0 radical (unpaired) electrons. The molecule has 0 unspecified atom stereocenters. The van der Waals surface area contributed by atoms with Crippen LogP contribution in [0.4, 0.5) is 5.69 Å². The van der Waals surface area contributed by atoms with E-state index < -0.39 is 0 Å². The average molecular weight is 388 g/mol. The zero-order chi connectivity index (χ0) is 18.8. The molecule has 0 heterocycles.